The number of hydrogen-bond acceptors (Lipinski definition) is 3. The van der Waals surface area contributed by atoms with Crippen LogP contribution in [-0.4, -0.2) is 56.4 Å². The Morgan fingerprint density at radius 2 is 2.25 bits per heavy atom. The highest BCUT2D eigenvalue weighted by Crippen LogP contribution is 2.21. The van der Waals surface area contributed by atoms with Gasteiger partial charge in [-0.15, -0.1) is 0 Å². The molecule has 0 aliphatic carbocycles. The van der Waals surface area contributed by atoms with Gasteiger partial charge < -0.3 is 14.6 Å². The van der Waals surface area contributed by atoms with Crippen LogP contribution in [0.5, 0.6) is 0 Å². The molecule has 0 spiro atoms. The van der Waals surface area contributed by atoms with Crippen LogP contribution in [0.15, 0.2) is 0 Å². The zero-order valence-electron chi connectivity index (χ0n) is 11.2. The van der Waals surface area contributed by atoms with Crippen molar-refractivity contribution in [3.63, 3.8) is 0 Å². The fraction of sp³-hybridized carbons (Fsp3) is 0.923. The van der Waals surface area contributed by atoms with Crippen LogP contribution >= 0.6 is 0 Å². The van der Waals surface area contributed by atoms with Crippen LogP contribution in [0.2, 0.25) is 0 Å². The van der Waals surface area contributed by atoms with Crippen LogP contribution in [0.4, 0.5) is 0 Å². The number of carbonyl (C=O) groups excluding carboxylic acids is 1. The lowest BCUT2D eigenvalue weighted by atomic mass is 9.89. The second-order valence-corrected chi connectivity index (χ2v) is 5.74. The second kappa shape index (κ2) is 5.78. The van der Waals surface area contributed by atoms with Gasteiger partial charge in [0.15, 0.2) is 0 Å². The van der Waals surface area contributed by atoms with E-state index in [1.165, 1.54) is 19.5 Å². The lowest BCUT2D eigenvalue weighted by molar-refractivity contribution is -0.116. The number of nitrogens with zero attached hydrogens (tertiary/aromatic N) is 2. The molecule has 94 valence electrons. The molecule has 0 saturated carbocycles. The zero-order chi connectivity index (χ0) is 12.2. The molecule has 0 amide bonds. The summed E-state index contributed by atoms with van der Waals surface area (Å²) in [6.45, 7) is 8.56. The molecule has 1 aliphatic heterocycles. The molecule has 1 heterocycles. The van der Waals surface area contributed by atoms with E-state index in [0.717, 1.165) is 31.7 Å². The molecule has 1 fully saturated rings. The third kappa shape index (κ3) is 3.87. The standard InChI is InChI=1S/C13H26N2O/c1-5-13(2,11-16)10-15(4)9-12-6-7-14(3)8-12/h11-12H,5-10H2,1-4H3. The van der Waals surface area contributed by atoms with Crippen molar-refractivity contribution in [3.05, 3.63) is 0 Å². The van der Waals surface area contributed by atoms with E-state index in [2.05, 4.69) is 37.7 Å². The predicted molar refractivity (Wildman–Crippen MR) is 67.6 cm³/mol. The predicted octanol–water partition coefficient (Wildman–Crippen LogP) is 1.49. The molecule has 1 aliphatic rings. The van der Waals surface area contributed by atoms with Crippen molar-refractivity contribution in [2.75, 3.05) is 40.3 Å². The van der Waals surface area contributed by atoms with Gasteiger partial charge in [-0.1, -0.05) is 13.8 Å². The molecule has 16 heavy (non-hydrogen) atoms. The molecule has 0 bridgehead atoms. The van der Waals surface area contributed by atoms with E-state index in [1.54, 1.807) is 0 Å². The van der Waals surface area contributed by atoms with Crippen LogP contribution < -0.4 is 0 Å². The third-order valence-corrected chi connectivity index (χ3v) is 3.78. The molecule has 0 N–H and O–H groups in total. The Balaban J connectivity index is 2.35. The molecular formula is C13H26N2O. The van der Waals surface area contributed by atoms with E-state index < -0.39 is 0 Å². The van der Waals surface area contributed by atoms with E-state index in [4.69, 9.17) is 0 Å². The van der Waals surface area contributed by atoms with Crippen molar-refractivity contribution >= 4 is 6.29 Å². The second-order valence-electron chi connectivity index (χ2n) is 5.74. The van der Waals surface area contributed by atoms with Gasteiger partial charge in [-0.3, -0.25) is 0 Å². The Hall–Kier alpha value is -0.410. The smallest absolute Gasteiger partial charge is 0.127 e. The van der Waals surface area contributed by atoms with Gasteiger partial charge in [0.25, 0.3) is 0 Å². The summed E-state index contributed by atoms with van der Waals surface area (Å²) in [4.78, 5) is 15.8. The highest BCUT2D eigenvalue weighted by Gasteiger charge is 2.26. The molecule has 0 radical (unpaired) electrons. The third-order valence-electron chi connectivity index (χ3n) is 3.78. The minimum absolute atomic E-state index is 0.167. The largest absolute Gasteiger partial charge is 0.306 e. The van der Waals surface area contributed by atoms with Crippen LogP contribution in [0, 0.1) is 11.3 Å². The van der Waals surface area contributed by atoms with Gasteiger partial charge in [0.1, 0.15) is 6.29 Å². The Morgan fingerprint density at radius 3 is 2.69 bits per heavy atom. The van der Waals surface area contributed by atoms with Crippen LogP contribution in [0.3, 0.4) is 0 Å². The minimum Gasteiger partial charge on any atom is -0.306 e. The van der Waals surface area contributed by atoms with E-state index in [0.29, 0.717) is 0 Å². The molecule has 2 unspecified atom stereocenters. The Kier molecular flexibility index (Phi) is 4.93. The number of carbonyl (C=O) groups is 1. The fourth-order valence-electron chi connectivity index (χ4n) is 2.53. The number of likely N-dealkylation sites (tertiary alicyclic amines) is 1. The zero-order valence-corrected chi connectivity index (χ0v) is 11.2. The number of aldehydes is 1. The fourth-order valence-corrected chi connectivity index (χ4v) is 2.53. The summed E-state index contributed by atoms with van der Waals surface area (Å²) in [6, 6.07) is 0. The normalized spacial score (nSPS) is 25.9. The quantitative estimate of drug-likeness (QED) is 0.641. The summed E-state index contributed by atoms with van der Waals surface area (Å²) in [5.74, 6) is 0.780. The molecule has 0 aromatic rings. The van der Waals surface area contributed by atoms with Gasteiger partial charge in [-0.2, -0.15) is 0 Å². The maximum Gasteiger partial charge on any atom is 0.127 e. The first kappa shape index (κ1) is 13.7. The molecule has 1 rings (SSSR count). The molecule has 1 saturated heterocycles. The van der Waals surface area contributed by atoms with Crippen molar-refractivity contribution in [1.82, 2.24) is 9.80 Å². The SMILES string of the molecule is CCC(C)(C=O)CN(C)CC1CCN(C)C1. The summed E-state index contributed by atoms with van der Waals surface area (Å²) in [6.07, 6.45) is 3.33. The van der Waals surface area contributed by atoms with Crippen molar-refractivity contribution in [2.45, 2.75) is 26.7 Å². The molecule has 3 nitrogen and oxygen atoms in total. The Labute approximate surface area is 99.8 Å². The average Bonchev–Trinajstić information content (AvgIpc) is 2.63. The highest BCUT2D eigenvalue weighted by atomic mass is 16.1. The first-order valence-electron chi connectivity index (χ1n) is 6.32. The Bertz CT molecular complexity index is 232. The lowest BCUT2D eigenvalue weighted by Crippen LogP contribution is -2.37. The van der Waals surface area contributed by atoms with Gasteiger partial charge >= 0.3 is 0 Å². The lowest BCUT2D eigenvalue weighted by Gasteiger charge is -2.29. The van der Waals surface area contributed by atoms with Crippen molar-refractivity contribution < 1.29 is 4.79 Å². The van der Waals surface area contributed by atoms with Gasteiger partial charge in [0, 0.05) is 25.0 Å². The number of hydrogen-bond donors (Lipinski definition) is 0. The molecule has 0 aromatic heterocycles. The first-order valence-corrected chi connectivity index (χ1v) is 6.32. The summed E-state index contributed by atoms with van der Waals surface area (Å²) in [5.41, 5.74) is -0.167. The van der Waals surface area contributed by atoms with Crippen molar-refractivity contribution in [1.29, 1.82) is 0 Å². The van der Waals surface area contributed by atoms with Crippen molar-refractivity contribution in [3.8, 4) is 0 Å². The van der Waals surface area contributed by atoms with E-state index in [1.807, 2.05) is 0 Å². The summed E-state index contributed by atoms with van der Waals surface area (Å²) in [5, 5.41) is 0. The molecular weight excluding hydrogens is 200 g/mol. The minimum atomic E-state index is -0.167. The van der Waals surface area contributed by atoms with Crippen LogP contribution in [0.25, 0.3) is 0 Å². The average molecular weight is 226 g/mol. The number of rotatable bonds is 6. The van der Waals surface area contributed by atoms with Gasteiger partial charge in [-0.05, 0) is 39.4 Å². The van der Waals surface area contributed by atoms with Gasteiger partial charge in [-0.25, -0.2) is 0 Å². The van der Waals surface area contributed by atoms with Crippen LogP contribution in [0.1, 0.15) is 26.7 Å². The van der Waals surface area contributed by atoms with Gasteiger partial charge in [0.2, 0.25) is 0 Å². The summed E-state index contributed by atoms with van der Waals surface area (Å²) < 4.78 is 0. The van der Waals surface area contributed by atoms with Crippen LogP contribution in [-0.2, 0) is 4.79 Å². The maximum absolute atomic E-state index is 11.0. The molecule has 3 heteroatoms. The van der Waals surface area contributed by atoms with E-state index in [9.17, 15) is 4.79 Å². The first-order chi connectivity index (χ1) is 7.49. The topological polar surface area (TPSA) is 23.6 Å². The molecule has 0 aromatic carbocycles. The van der Waals surface area contributed by atoms with E-state index in [-0.39, 0.29) is 5.41 Å². The molecule has 2 atom stereocenters. The maximum atomic E-state index is 11.0. The summed E-state index contributed by atoms with van der Waals surface area (Å²) in [7, 11) is 4.32. The monoisotopic (exact) mass is 226 g/mol. The van der Waals surface area contributed by atoms with E-state index >= 15 is 0 Å². The highest BCUT2D eigenvalue weighted by molar-refractivity contribution is 5.58. The van der Waals surface area contributed by atoms with Crippen molar-refractivity contribution in [2.24, 2.45) is 11.3 Å². The van der Waals surface area contributed by atoms with Gasteiger partial charge in [0.05, 0.1) is 0 Å². The Morgan fingerprint density at radius 1 is 1.56 bits per heavy atom. The summed E-state index contributed by atoms with van der Waals surface area (Å²) >= 11 is 0.